The Morgan fingerprint density at radius 3 is 3.00 bits per heavy atom. The molecular weight excluding hydrogens is 224 g/mol. The van der Waals surface area contributed by atoms with Crippen molar-refractivity contribution in [1.82, 2.24) is 19.7 Å². The Morgan fingerprint density at radius 2 is 2.31 bits per heavy atom. The Hall–Kier alpha value is -1.69. The van der Waals surface area contributed by atoms with Crippen LogP contribution in [-0.2, 0) is 0 Å². The predicted molar refractivity (Wildman–Crippen MR) is 61.7 cm³/mol. The van der Waals surface area contributed by atoms with Crippen LogP contribution in [0.25, 0.3) is 11.4 Å². The van der Waals surface area contributed by atoms with Crippen LogP contribution in [-0.4, -0.2) is 19.7 Å². The third-order valence-corrected chi connectivity index (χ3v) is 2.94. The zero-order valence-corrected chi connectivity index (χ0v) is 9.25. The predicted octanol–water partition coefficient (Wildman–Crippen LogP) is 1.63. The number of pyridine rings is 1. The molecule has 0 aliphatic heterocycles. The molecule has 6 heteroatoms. The van der Waals surface area contributed by atoms with Crippen LogP contribution in [0.2, 0.25) is 0 Å². The Balaban J connectivity index is 2.19. The molecule has 16 heavy (non-hydrogen) atoms. The average Bonchev–Trinajstić information content (AvgIpc) is 3.02. The zero-order chi connectivity index (χ0) is 11.1. The monoisotopic (exact) mass is 234 g/mol. The third kappa shape index (κ3) is 1.51. The lowest BCUT2D eigenvalue weighted by Crippen LogP contribution is -2.05. The van der Waals surface area contributed by atoms with Gasteiger partial charge < -0.3 is 4.98 Å². The van der Waals surface area contributed by atoms with Crippen LogP contribution in [0.4, 0.5) is 0 Å². The fourth-order valence-electron chi connectivity index (χ4n) is 1.76. The first-order valence-electron chi connectivity index (χ1n) is 5.12. The number of H-pyrrole nitrogens is 2. The van der Waals surface area contributed by atoms with Crippen molar-refractivity contribution in [3.05, 3.63) is 33.5 Å². The van der Waals surface area contributed by atoms with Crippen LogP contribution in [0.1, 0.15) is 18.9 Å². The van der Waals surface area contributed by atoms with E-state index in [1.165, 1.54) is 6.07 Å². The van der Waals surface area contributed by atoms with E-state index in [4.69, 9.17) is 12.2 Å². The normalized spacial score (nSPS) is 15.2. The largest absolute Gasteiger partial charge is 0.329 e. The van der Waals surface area contributed by atoms with E-state index in [2.05, 4.69) is 15.2 Å². The van der Waals surface area contributed by atoms with Gasteiger partial charge in [-0.15, -0.1) is 0 Å². The molecule has 0 radical (unpaired) electrons. The highest BCUT2D eigenvalue weighted by Crippen LogP contribution is 2.37. The fourth-order valence-corrected chi connectivity index (χ4v) is 2.04. The molecule has 0 atom stereocenters. The van der Waals surface area contributed by atoms with Gasteiger partial charge in [0.05, 0.1) is 0 Å². The van der Waals surface area contributed by atoms with Crippen molar-refractivity contribution in [2.45, 2.75) is 18.9 Å². The van der Waals surface area contributed by atoms with Gasteiger partial charge >= 0.3 is 0 Å². The van der Waals surface area contributed by atoms with E-state index in [-0.39, 0.29) is 5.56 Å². The summed E-state index contributed by atoms with van der Waals surface area (Å²) in [4.78, 5) is 13.8. The summed E-state index contributed by atoms with van der Waals surface area (Å²) in [5.41, 5.74) is 0.664. The van der Waals surface area contributed by atoms with Gasteiger partial charge in [0.2, 0.25) is 5.56 Å². The van der Waals surface area contributed by atoms with Gasteiger partial charge in [-0.1, -0.05) is 0 Å². The number of hydrogen-bond acceptors (Lipinski definition) is 3. The van der Waals surface area contributed by atoms with E-state index in [0.29, 0.717) is 10.8 Å². The summed E-state index contributed by atoms with van der Waals surface area (Å²) >= 11 is 5.18. The molecule has 2 aromatic heterocycles. The SMILES string of the molecule is O=c1cc(-c2n[nH]c(=S)n2C2CC2)cc[nH]1. The molecule has 2 heterocycles. The molecule has 2 aromatic rings. The molecule has 0 bridgehead atoms. The number of nitrogens with one attached hydrogen (secondary N) is 2. The van der Waals surface area contributed by atoms with E-state index < -0.39 is 0 Å². The first-order chi connectivity index (χ1) is 7.75. The Labute approximate surface area is 96.1 Å². The number of nitrogens with zero attached hydrogens (tertiary/aromatic N) is 2. The van der Waals surface area contributed by atoms with Crippen LogP contribution >= 0.6 is 12.2 Å². The molecule has 5 nitrogen and oxygen atoms in total. The van der Waals surface area contributed by atoms with E-state index >= 15 is 0 Å². The molecule has 1 aliphatic rings. The summed E-state index contributed by atoms with van der Waals surface area (Å²) in [6.07, 6.45) is 3.88. The molecule has 1 saturated carbocycles. The molecule has 0 unspecified atom stereocenters. The van der Waals surface area contributed by atoms with Crippen LogP contribution in [0.3, 0.4) is 0 Å². The van der Waals surface area contributed by atoms with Gasteiger partial charge in [0, 0.05) is 23.9 Å². The number of hydrogen-bond donors (Lipinski definition) is 2. The lowest BCUT2D eigenvalue weighted by atomic mass is 10.2. The molecule has 0 aromatic carbocycles. The van der Waals surface area contributed by atoms with Crippen molar-refractivity contribution in [2.24, 2.45) is 0 Å². The minimum atomic E-state index is -0.131. The van der Waals surface area contributed by atoms with Crippen molar-refractivity contribution in [2.75, 3.05) is 0 Å². The molecule has 3 rings (SSSR count). The van der Waals surface area contributed by atoms with Crippen LogP contribution in [0.5, 0.6) is 0 Å². The molecule has 0 saturated heterocycles. The first kappa shape index (κ1) is 9.53. The molecule has 82 valence electrons. The van der Waals surface area contributed by atoms with Gasteiger partial charge in [0.25, 0.3) is 0 Å². The zero-order valence-electron chi connectivity index (χ0n) is 8.43. The van der Waals surface area contributed by atoms with Gasteiger partial charge in [-0.25, -0.2) is 0 Å². The molecule has 2 N–H and O–H groups in total. The topological polar surface area (TPSA) is 66.5 Å². The maximum atomic E-state index is 11.2. The summed E-state index contributed by atoms with van der Waals surface area (Å²) in [5, 5.41) is 6.96. The van der Waals surface area contributed by atoms with Crippen molar-refractivity contribution in [3.63, 3.8) is 0 Å². The minimum Gasteiger partial charge on any atom is -0.329 e. The van der Waals surface area contributed by atoms with E-state index in [1.54, 1.807) is 6.20 Å². The second-order valence-electron chi connectivity index (χ2n) is 3.90. The quantitative estimate of drug-likeness (QED) is 0.776. The molecule has 1 aliphatic carbocycles. The first-order valence-corrected chi connectivity index (χ1v) is 5.52. The van der Waals surface area contributed by atoms with Crippen molar-refractivity contribution >= 4 is 12.2 Å². The average molecular weight is 234 g/mol. The number of aromatic nitrogens is 4. The van der Waals surface area contributed by atoms with Gasteiger partial charge in [0.1, 0.15) is 0 Å². The standard InChI is InChI=1S/C10H10N4OS/c15-8-5-6(3-4-11-8)9-12-13-10(16)14(9)7-1-2-7/h3-5,7H,1-2H2,(H,11,15)(H,13,16). The lowest BCUT2D eigenvalue weighted by Gasteiger charge is -2.03. The van der Waals surface area contributed by atoms with Crippen LogP contribution in [0, 0.1) is 4.77 Å². The Morgan fingerprint density at radius 1 is 1.50 bits per heavy atom. The minimum absolute atomic E-state index is 0.131. The smallest absolute Gasteiger partial charge is 0.248 e. The Kier molecular flexibility index (Phi) is 2.03. The van der Waals surface area contributed by atoms with Crippen LogP contribution in [0.15, 0.2) is 23.1 Å². The van der Waals surface area contributed by atoms with Crippen molar-refractivity contribution < 1.29 is 0 Å². The highest BCUT2D eigenvalue weighted by atomic mass is 32.1. The molecule has 0 amide bonds. The molecule has 1 fully saturated rings. The highest BCUT2D eigenvalue weighted by Gasteiger charge is 2.27. The van der Waals surface area contributed by atoms with Gasteiger partial charge in [-0.2, -0.15) is 5.10 Å². The summed E-state index contributed by atoms with van der Waals surface area (Å²) in [6.45, 7) is 0. The van der Waals surface area contributed by atoms with Gasteiger partial charge in [-0.3, -0.25) is 14.5 Å². The highest BCUT2D eigenvalue weighted by molar-refractivity contribution is 7.71. The summed E-state index contributed by atoms with van der Waals surface area (Å²) in [5.74, 6) is 0.749. The second-order valence-corrected chi connectivity index (χ2v) is 4.28. The third-order valence-electron chi connectivity index (χ3n) is 2.65. The maximum absolute atomic E-state index is 11.2. The Bertz CT molecular complexity index is 635. The van der Waals surface area contributed by atoms with Gasteiger partial charge in [-0.05, 0) is 31.1 Å². The summed E-state index contributed by atoms with van der Waals surface area (Å²) in [6, 6.07) is 3.80. The van der Waals surface area contributed by atoms with E-state index in [0.717, 1.165) is 24.2 Å². The second kappa shape index (κ2) is 3.41. The molecular formula is C10H10N4OS. The summed E-state index contributed by atoms with van der Waals surface area (Å²) in [7, 11) is 0. The van der Waals surface area contributed by atoms with Crippen molar-refractivity contribution in [1.29, 1.82) is 0 Å². The number of rotatable bonds is 2. The lowest BCUT2D eigenvalue weighted by molar-refractivity contribution is 0.735. The van der Waals surface area contributed by atoms with E-state index in [9.17, 15) is 4.79 Å². The maximum Gasteiger partial charge on any atom is 0.248 e. The van der Waals surface area contributed by atoms with E-state index in [1.807, 2.05) is 10.6 Å². The number of aromatic amines is 2. The summed E-state index contributed by atoms with van der Waals surface area (Å²) < 4.78 is 2.61. The van der Waals surface area contributed by atoms with Gasteiger partial charge in [0.15, 0.2) is 10.6 Å². The fraction of sp³-hybridized carbons (Fsp3) is 0.300. The van der Waals surface area contributed by atoms with Crippen molar-refractivity contribution in [3.8, 4) is 11.4 Å². The molecule has 0 spiro atoms. The van der Waals surface area contributed by atoms with Crippen LogP contribution < -0.4 is 5.56 Å².